The van der Waals surface area contributed by atoms with Crippen LogP contribution in [0.15, 0.2) is 41.3 Å². The van der Waals surface area contributed by atoms with E-state index in [0.717, 1.165) is 4.57 Å². The fraction of sp³-hybridized carbons (Fsp3) is 0.500. The number of carbonyl (C=O) groups excluding carboxylic acids is 1. The van der Waals surface area contributed by atoms with Crippen molar-refractivity contribution < 1.29 is 35.7 Å². The quantitative estimate of drug-likeness (QED) is 0.171. The van der Waals surface area contributed by atoms with Gasteiger partial charge in [0, 0.05) is 11.8 Å². The Morgan fingerprint density at radius 3 is 2.69 bits per heavy atom. The first-order valence-electron chi connectivity index (χ1n) is 12.0. The molecule has 0 saturated carbocycles. The van der Waals surface area contributed by atoms with E-state index in [1.807, 2.05) is 0 Å². The van der Waals surface area contributed by atoms with Gasteiger partial charge < -0.3 is 19.1 Å². The third-order valence-corrected chi connectivity index (χ3v) is 7.33. The maximum atomic E-state index is 13.8. The number of carbonyl (C=O) groups is 1. The number of ether oxygens (including phenoxy) is 2. The molecular formula is C22H29ClN3O8PS. The van der Waals surface area contributed by atoms with Gasteiger partial charge in [-0.25, -0.2) is 9.36 Å². The van der Waals surface area contributed by atoms with Crippen molar-refractivity contribution in [1.82, 2.24) is 14.6 Å². The summed E-state index contributed by atoms with van der Waals surface area (Å²) in [4.78, 5) is 27.2. The number of para-hydroxylation sites is 1. The molecule has 3 rings (SSSR count). The van der Waals surface area contributed by atoms with E-state index in [4.69, 9.17) is 45.1 Å². The summed E-state index contributed by atoms with van der Waals surface area (Å²) in [6.07, 6.45) is -3.96. The summed E-state index contributed by atoms with van der Waals surface area (Å²) in [6.45, 7) is 3.23. The minimum absolute atomic E-state index is 0.0473. The van der Waals surface area contributed by atoms with E-state index in [-0.39, 0.29) is 10.4 Å². The number of hydrogen-bond acceptors (Lipinski definition) is 9. The molecule has 36 heavy (non-hydrogen) atoms. The summed E-state index contributed by atoms with van der Waals surface area (Å²) < 4.78 is 53.5. The standard InChI is InChI=1S/C22H29ClN3O8PS/c1-12(2)32-21(28)14(4)25-35(30,34-15-8-6-5-7-9-15)31-11-16-18(27)17(23)20(33-16)26-10-13(3)19(36)24-22(26)29/h5-10,12,14,16-18,20,27H,11H2,1-4H3,(H,25,30)(H,24,29,36)/t14-,16-,17+,18?,20-,35-/m0/s1/i11D2. The lowest BCUT2D eigenvalue weighted by atomic mass is 10.2. The second-order valence-corrected chi connectivity index (χ2v) is 10.8. The first kappa shape index (κ1) is 25.6. The van der Waals surface area contributed by atoms with Crippen LogP contribution in [-0.2, 0) is 23.4 Å². The predicted octanol–water partition coefficient (Wildman–Crippen LogP) is 3.21. The zero-order valence-electron chi connectivity index (χ0n) is 21.9. The number of rotatable bonds is 10. The molecule has 0 amide bonds. The zero-order valence-corrected chi connectivity index (χ0v) is 22.4. The van der Waals surface area contributed by atoms with Crippen LogP contribution < -0.4 is 15.3 Å². The number of aryl methyl sites for hydroxylation is 1. The topological polar surface area (TPSA) is 141 Å². The van der Waals surface area contributed by atoms with E-state index in [0.29, 0.717) is 5.56 Å². The molecule has 198 valence electrons. The molecule has 1 unspecified atom stereocenters. The third kappa shape index (κ3) is 7.04. The minimum Gasteiger partial charge on any atom is -0.462 e. The van der Waals surface area contributed by atoms with Gasteiger partial charge in [-0.05, 0) is 39.8 Å². The Balaban J connectivity index is 1.90. The first-order valence-corrected chi connectivity index (χ1v) is 13.4. The minimum atomic E-state index is -4.68. The zero-order chi connectivity index (χ0) is 28.4. The number of alkyl halides is 1. The average molecular weight is 564 g/mol. The van der Waals surface area contributed by atoms with Gasteiger partial charge in [0.1, 0.15) is 34.0 Å². The number of aromatic amines is 1. The van der Waals surface area contributed by atoms with Crippen molar-refractivity contribution in [3.8, 4) is 5.75 Å². The molecule has 2 heterocycles. The summed E-state index contributed by atoms with van der Waals surface area (Å²) in [6, 6.07) is 6.51. The van der Waals surface area contributed by atoms with Gasteiger partial charge in [0.2, 0.25) is 0 Å². The number of aliphatic hydroxyl groups excluding tert-OH is 1. The van der Waals surface area contributed by atoms with Crippen molar-refractivity contribution in [3.05, 3.63) is 57.2 Å². The van der Waals surface area contributed by atoms with Crippen LogP contribution >= 0.6 is 31.6 Å². The van der Waals surface area contributed by atoms with Crippen LogP contribution in [0, 0.1) is 11.6 Å². The molecule has 0 spiro atoms. The molecule has 1 aromatic heterocycles. The van der Waals surface area contributed by atoms with Crippen molar-refractivity contribution in [2.45, 2.75) is 63.7 Å². The molecule has 1 saturated heterocycles. The number of H-pyrrole nitrogens is 1. The first-order chi connectivity index (χ1) is 17.6. The largest absolute Gasteiger partial charge is 0.462 e. The number of halogens is 1. The Labute approximate surface area is 221 Å². The molecule has 1 aliphatic heterocycles. The van der Waals surface area contributed by atoms with Gasteiger partial charge in [0.15, 0.2) is 6.23 Å². The number of aromatic nitrogens is 2. The average Bonchev–Trinajstić information content (AvgIpc) is 3.11. The molecule has 0 bridgehead atoms. The number of hydrogen-bond donors (Lipinski definition) is 3. The van der Waals surface area contributed by atoms with E-state index >= 15 is 0 Å². The maximum Gasteiger partial charge on any atom is 0.459 e. The van der Waals surface area contributed by atoms with E-state index in [1.165, 1.54) is 25.3 Å². The van der Waals surface area contributed by atoms with Gasteiger partial charge in [-0.3, -0.25) is 18.9 Å². The number of nitrogens with zero attached hydrogens (tertiary/aromatic N) is 1. The highest BCUT2D eigenvalue weighted by molar-refractivity contribution is 7.71. The fourth-order valence-electron chi connectivity index (χ4n) is 3.17. The predicted molar refractivity (Wildman–Crippen MR) is 135 cm³/mol. The number of esters is 1. The lowest BCUT2D eigenvalue weighted by molar-refractivity contribution is -0.149. The Morgan fingerprint density at radius 1 is 1.39 bits per heavy atom. The van der Waals surface area contributed by atoms with E-state index in [1.54, 1.807) is 39.0 Å². The van der Waals surface area contributed by atoms with Crippen LogP contribution in [0.4, 0.5) is 0 Å². The second-order valence-electron chi connectivity index (χ2n) is 8.31. The van der Waals surface area contributed by atoms with Gasteiger partial charge in [-0.1, -0.05) is 30.4 Å². The van der Waals surface area contributed by atoms with Gasteiger partial charge in [0.05, 0.1) is 15.4 Å². The highest BCUT2D eigenvalue weighted by atomic mass is 35.5. The normalized spacial score (nSPS) is 25.5. The van der Waals surface area contributed by atoms with Gasteiger partial charge >= 0.3 is 19.4 Å². The Morgan fingerprint density at radius 2 is 2.06 bits per heavy atom. The highest BCUT2D eigenvalue weighted by Gasteiger charge is 2.45. The Kier molecular flexibility index (Phi) is 8.53. The summed E-state index contributed by atoms with van der Waals surface area (Å²) in [5, 5.41) is 11.8. The SMILES string of the molecule is [2H]C([2H])(O[P@@](=O)(N[C@@H](C)C(=O)OC(C)C)Oc1ccccc1)[C@@H]1O[C@H](n2cc(C)c(=S)[nH]c2=O)[C@H](Cl)C1O. The van der Waals surface area contributed by atoms with Crippen molar-refractivity contribution in [1.29, 1.82) is 0 Å². The smallest absolute Gasteiger partial charge is 0.459 e. The van der Waals surface area contributed by atoms with E-state index in [2.05, 4.69) is 10.1 Å². The number of benzene rings is 1. The summed E-state index contributed by atoms with van der Waals surface area (Å²) in [5.41, 5.74) is -0.181. The van der Waals surface area contributed by atoms with Gasteiger partial charge in [0.25, 0.3) is 0 Å². The summed E-state index contributed by atoms with van der Waals surface area (Å²) in [5.74, 6) is -0.735. The molecule has 1 fully saturated rings. The molecule has 3 N–H and O–H groups in total. The molecule has 0 aliphatic carbocycles. The van der Waals surface area contributed by atoms with Crippen LogP contribution in [0.1, 0.15) is 35.3 Å². The van der Waals surface area contributed by atoms with Gasteiger partial charge in [-0.15, -0.1) is 11.6 Å². The summed E-state index contributed by atoms with van der Waals surface area (Å²) in [7, 11) is -4.68. The van der Waals surface area contributed by atoms with Crippen molar-refractivity contribution in [3.63, 3.8) is 0 Å². The molecule has 6 atom stereocenters. The highest BCUT2D eigenvalue weighted by Crippen LogP contribution is 2.46. The fourth-order valence-corrected chi connectivity index (χ4v) is 4.99. The molecule has 1 aliphatic rings. The molecule has 14 heteroatoms. The van der Waals surface area contributed by atoms with Gasteiger partial charge in [-0.2, -0.15) is 5.09 Å². The van der Waals surface area contributed by atoms with Crippen LogP contribution in [0.25, 0.3) is 0 Å². The molecule has 1 aromatic carbocycles. The van der Waals surface area contributed by atoms with Crippen LogP contribution in [-0.4, -0.2) is 56.9 Å². The van der Waals surface area contributed by atoms with E-state index < -0.39 is 61.9 Å². The van der Waals surface area contributed by atoms with Crippen LogP contribution in [0.5, 0.6) is 5.75 Å². The van der Waals surface area contributed by atoms with Crippen LogP contribution in [0.2, 0.25) is 0 Å². The van der Waals surface area contributed by atoms with Crippen molar-refractivity contribution in [2.24, 2.45) is 0 Å². The number of nitrogens with one attached hydrogen (secondary N) is 2. The Hall–Kier alpha value is -2.05. The lowest BCUT2D eigenvalue weighted by Gasteiger charge is -2.25. The molecule has 0 radical (unpaired) electrons. The van der Waals surface area contributed by atoms with Crippen molar-refractivity contribution in [2.75, 3.05) is 6.56 Å². The molecular weight excluding hydrogens is 533 g/mol. The monoisotopic (exact) mass is 563 g/mol. The molecule has 11 nitrogen and oxygen atoms in total. The van der Waals surface area contributed by atoms with Crippen molar-refractivity contribution >= 4 is 37.5 Å². The lowest BCUT2D eigenvalue weighted by Crippen LogP contribution is -2.37. The summed E-state index contributed by atoms with van der Waals surface area (Å²) >= 11 is 11.4. The van der Waals surface area contributed by atoms with Crippen LogP contribution in [0.3, 0.4) is 0 Å². The molecule has 2 aromatic rings. The second kappa shape index (κ2) is 12.0. The third-order valence-electron chi connectivity index (χ3n) is 4.93. The maximum absolute atomic E-state index is 13.8. The Bertz CT molecular complexity index is 1310. The van der Waals surface area contributed by atoms with E-state index in [9.17, 15) is 19.3 Å². The number of aliphatic hydroxyl groups is 1.